The summed E-state index contributed by atoms with van der Waals surface area (Å²) in [6.07, 6.45) is 3.28. The number of ether oxygens (including phenoxy) is 1. The number of nitrogens with one attached hydrogen (secondary N) is 2. The Hall–Kier alpha value is -4.65. The number of fused-ring (bicyclic) bond motifs is 1. The maximum Gasteiger partial charge on any atom is 0.482 e. The van der Waals surface area contributed by atoms with E-state index in [0.29, 0.717) is 11.5 Å². The first kappa shape index (κ1) is 36.7. The fourth-order valence-electron chi connectivity index (χ4n) is 8.48. The molecule has 0 spiro atoms. The van der Waals surface area contributed by atoms with E-state index < -0.39 is 58.1 Å². The van der Waals surface area contributed by atoms with Crippen molar-refractivity contribution in [2.45, 2.75) is 70.8 Å². The van der Waals surface area contributed by atoms with Gasteiger partial charge in [0.05, 0.1) is 60.1 Å². The number of methoxy groups -OCH3 is 1. The van der Waals surface area contributed by atoms with Crippen LogP contribution in [0.15, 0.2) is 48.7 Å². The third-order valence-electron chi connectivity index (χ3n) is 11.4. The SMILES string of the molecule is COc1c(C[C@H](NC(=O)Cn2cc(CNS(=O)(=O)CCN3C(=O)c4ccccc4C3=O)nn2)B2O[C@@H]3C[C@@H]4C[C@@H](C4(C)C)[C@]3(C)O2)cccc1C(=O)O. The second-order valence-corrected chi connectivity index (χ2v) is 16.8. The fourth-order valence-corrected chi connectivity index (χ4v) is 9.42. The molecule has 18 heteroatoms. The predicted molar refractivity (Wildman–Crippen MR) is 188 cm³/mol. The number of imide groups is 1. The summed E-state index contributed by atoms with van der Waals surface area (Å²) in [5.41, 5.74) is 0.774. The van der Waals surface area contributed by atoms with Crippen molar-refractivity contribution in [1.29, 1.82) is 0 Å². The lowest BCUT2D eigenvalue weighted by Crippen LogP contribution is -2.65. The Balaban J connectivity index is 0.997. The van der Waals surface area contributed by atoms with Crippen LogP contribution in [0.5, 0.6) is 5.75 Å². The zero-order valence-corrected chi connectivity index (χ0v) is 30.6. The Kier molecular flexibility index (Phi) is 9.45. The molecule has 1 aromatic heterocycles. The number of nitrogens with zero attached hydrogens (tertiary/aromatic N) is 4. The van der Waals surface area contributed by atoms with Gasteiger partial charge in [-0.2, -0.15) is 0 Å². The quantitative estimate of drug-likeness (QED) is 0.159. The van der Waals surface area contributed by atoms with E-state index in [0.717, 1.165) is 17.7 Å². The van der Waals surface area contributed by atoms with Crippen molar-refractivity contribution < 1.29 is 46.7 Å². The molecule has 2 aliphatic heterocycles. The monoisotopic (exact) mass is 748 g/mol. The summed E-state index contributed by atoms with van der Waals surface area (Å²) >= 11 is 0. The maximum absolute atomic E-state index is 13.5. The van der Waals surface area contributed by atoms with Gasteiger partial charge in [0.25, 0.3) is 11.8 Å². The highest BCUT2D eigenvalue weighted by molar-refractivity contribution is 7.89. The lowest BCUT2D eigenvalue weighted by molar-refractivity contribution is -0.199. The van der Waals surface area contributed by atoms with Gasteiger partial charge in [-0.1, -0.05) is 43.3 Å². The zero-order chi connectivity index (χ0) is 37.9. The first-order chi connectivity index (χ1) is 25.1. The molecule has 3 aliphatic carbocycles. The van der Waals surface area contributed by atoms with E-state index in [-0.39, 0.29) is 71.6 Å². The van der Waals surface area contributed by atoms with Crippen molar-refractivity contribution in [3.63, 3.8) is 0 Å². The number of carboxylic acids is 1. The van der Waals surface area contributed by atoms with Crippen LogP contribution in [0.3, 0.4) is 0 Å². The Morgan fingerprint density at radius 1 is 1.09 bits per heavy atom. The van der Waals surface area contributed by atoms with Crippen LogP contribution in [0.25, 0.3) is 0 Å². The van der Waals surface area contributed by atoms with Crippen LogP contribution in [-0.4, -0.2) is 101 Å². The van der Waals surface area contributed by atoms with Gasteiger partial charge in [0, 0.05) is 6.54 Å². The molecule has 280 valence electrons. The Morgan fingerprint density at radius 2 is 1.81 bits per heavy atom. The smallest absolute Gasteiger partial charge is 0.482 e. The van der Waals surface area contributed by atoms with Crippen LogP contribution in [0.4, 0.5) is 0 Å². The van der Waals surface area contributed by atoms with Crippen molar-refractivity contribution in [1.82, 2.24) is 29.9 Å². The number of para-hydroxylation sites is 1. The molecule has 3 aromatic rings. The number of aromatic carboxylic acids is 1. The van der Waals surface area contributed by atoms with Crippen LogP contribution in [-0.2, 0) is 43.6 Å². The Bertz CT molecular complexity index is 2060. The molecule has 1 saturated heterocycles. The highest BCUT2D eigenvalue weighted by atomic mass is 32.2. The standard InChI is InChI=1S/C35H41BN6O10S/c1-34(2)21-15-26(34)35(3)27(16-21)51-36(52-35)28(14-20-8-7-11-25(33(46)47)30(20)50-4)38-29(43)19-41-18-22(39-40-41)17-37-53(48,49)13-12-42-31(44)23-9-5-6-10-24(23)32(42)45/h5-11,18,21,26-28,37H,12-17,19H2,1-4H3,(H,38,43)(H,46,47)/t21-,26-,27+,28-,35-/m0/s1. The Morgan fingerprint density at radius 3 is 2.47 bits per heavy atom. The summed E-state index contributed by atoms with van der Waals surface area (Å²) in [5.74, 6) is -2.98. The molecule has 2 bridgehead atoms. The maximum atomic E-state index is 13.5. The van der Waals surface area contributed by atoms with Crippen molar-refractivity contribution in [2.75, 3.05) is 19.4 Å². The minimum absolute atomic E-state index is 0.0131. The van der Waals surface area contributed by atoms with Crippen molar-refractivity contribution >= 4 is 40.8 Å². The number of hydrogen-bond donors (Lipinski definition) is 3. The minimum Gasteiger partial charge on any atom is -0.496 e. The van der Waals surface area contributed by atoms with E-state index in [1.54, 1.807) is 24.3 Å². The van der Waals surface area contributed by atoms with E-state index >= 15 is 0 Å². The summed E-state index contributed by atoms with van der Waals surface area (Å²) < 4.78 is 47.9. The average Bonchev–Trinajstić information content (AvgIpc) is 3.79. The molecule has 5 aliphatic rings. The summed E-state index contributed by atoms with van der Waals surface area (Å²) in [6.45, 7) is 5.74. The second-order valence-electron chi connectivity index (χ2n) is 14.9. The Labute approximate surface area is 306 Å². The molecular formula is C35H41BN6O10S. The van der Waals surface area contributed by atoms with E-state index in [4.69, 9.17) is 14.0 Å². The largest absolute Gasteiger partial charge is 0.496 e. The van der Waals surface area contributed by atoms with Gasteiger partial charge in [0.1, 0.15) is 17.9 Å². The predicted octanol–water partition coefficient (Wildman–Crippen LogP) is 1.70. The number of carbonyl (C=O) groups is 4. The first-order valence-electron chi connectivity index (χ1n) is 17.4. The lowest BCUT2D eigenvalue weighted by Gasteiger charge is -2.64. The van der Waals surface area contributed by atoms with Gasteiger partial charge in [0.15, 0.2) is 0 Å². The molecule has 53 heavy (non-hydrogen) atoms. The molecule has 4 fully saturated rings. The average molecular weight is 749 g/mol. The number of carboxylic acid groups (broad SMARTS) is 1. The molecule has 3 heterocycles. The number of benzene rings is 2. The third-order valence-corrected chi connectivity index (χ3v) is 12.7. The summed E-state index contributed by atoms with van der Waals surface area (Å²) in [4.78, 5) is 51.6. The number of sulfonamides is 1. The fraction of sp³-hybridized carbons (Fsp3) is 0.486. The van der Waals surface area contributed by atoms with Crippen LogP contribution >= 0.6 is 0 Å². The van der Waals surface area contributed by atoms with E-state index in [9.17, 15) is 32.7 Å². The highest BCUT2D eigenvalue weighted by Crippen LogP contribution is 2.65. The van der Waals surface area contributed by atoms with Gasteiger partial charge < -0.3 is 24.5 Å². The molecule has 3 saturated carbocycles. The molecule has 3 amide bonds. The lowest BCUT2D eigenvalue weighted by atomic mass is 9.43. The summed E-state index contributed by atoms with van der Waals surface area (Å²) in [6, 6.07) is 11.1. The first-order valence-corrected chi connectivity index (χ1v) is 19.1. The third kappa shape index (κ3) is 6.72. The zero-order valence-electron chi connectivity index (χ0n) is 29.8. The van der Waals surface area contributed by atoms with Crippen LogP contribution in [0.1, 0.15) is 75.9 Å². The molecule has 16 nitrogen and oxygen atoms in total. The van der Waals surface area contributed by atoms with Gasteiger partial charge >= 0.3 is 13.1 Å². The van der Waals surface area contributed by atoms with Gasteiger partial charge in [-0.15, -0.1) is 5.10 Å². The van der Waals surface area contributed by atoms with E-state index in [1.165, 1.54) is 36.2 Å². The van der Waals surface area contributed by atoms with Gasteiger partial charge in [-0.3, -0.25) is 19.3 Å². The minimum atomic E-state index is -3.93. The van der Waals surface area contributed by atoms with Gasteiger partial charge in [-0.05, 0) is 67.2 Å². The molecule has 2 aromatic carbocycles. The number of rotatable bonds is 14. The van der Waals surface area contributed by atoms with Crippen molar-refractivity contribution in [3.8, 4) is 5.75 Å². The summed E-state index contributed by atoms with van der Waals surface area (Å²) in [7, 11) is -3.37. The number of carbonyl (C=O) groups excluding carboxylic acids is 3. The number of hydrogen-bond acceptors (Lipinski definition) is 11. The van der Waals surface area contributed by atoms with Crippen LogP contribution < -0.4 is 14.8 Å². The molecule has 5 atom stereocenters. The van der Waals surface area contributed by atoms with Crippen LogP contribution in [0.2, 0.25) is 0 Å². The second kappa shape index (κ2) is 13.6. The highest BCUT2D eigenvalue weighted by Gasteiger charge is 2.68. The summed E-state index contributed by atoms with van der Waals surface area (Å²) in [5, 5.41) is 20.7. The van der Waals surface area contributed by atoms with Gasteiger partial charge in [-0.25, -0.2) is 22.6 Å². The van der Waals surface area contributed by atoms with Gasteiger partial charge in [0.2, 0.25) is 15.9 Å². The van der Waals surface area contributed by atoms with E-state index in [2.05, 4.69) is 41.1 Å². The topological polar surface area (TPSA) is 208 Å². The number of aromatic nitrogens is 3. The van der Waals surface area contributed by atoms with E-state index in [1.807, 2.05) is 0 Å². The number of amides is 3. The molecule has 0 radical (unpaired) electrons. The molecular weight excluding hydrogens is 707 g/mol. The van der Waals surface area contributed by atoms with Crippen molar-refractivity contribution in [3.05, 3.63) is 76.6 Å². The molecule has 8 rings (SSSR count). The molecule has 0 unspecified atom stereocenters. The normalized spacial score (nSPS) is 24.7. The van der Waals surface area contributed by atoms with Crippen molar-refractivity contribution in [2.24, 2.45) is 17.3 Å². The molecule has 3 N–H and O–H groups in total. The van der Waals surface area contributed by atoms with Crippen LogP contribution in [0, 0.1) is 17.3 Å².